The third kappa shape index (κ3) is 3.44. The number of piperazine rings is 1. The van der Waals surface area contributed by atoms with Crippen LogP contribution in [0.15, 0.2) is 36.9 Å². The second-order valence-corrected chi connectivity index (χ2v) is 5.22. The Bertz CT molecular complexity index is 694. The Kier molecular flexibility index (Phi) is 4.18. The number of anilines is 1. The van der Waals surface area contributed by atoms with Gasteiger partial charge in [0.15, 0.2) is 0 Å². The highest BCUT2D eigenvalue weighted by molar-refractivity contribution is 5.76. The minimum atomic E-state index is -0.577. The summed E-state index contributed by atoms with van der Waals surface area (Å²) in [5.41, 5.74) is 0. The Morgan fingerprint density at radius 3 is 2.61 bits per heavy atom. The Morgan fingerprint density at radius 2 is 2.00 bits per heavy atom. The summed E-state index contributed by atoms with van der Waals surface area (Å²) in [6, 6.07) is 5.75. The van der Waals surface area contributed by atoms with Gasteiger partial charge in [-0.2, -0.15) is 0 Å². The molecule has 0 aliphatic carbocycles. The summed E-state index contributed by atoms with van der Waals surface area (Å²) in [6.45, 7) is 2.70. The molecule has 1 aliphatic heterocycles. The topological polar surface area (TPSA) is 97.4 Å². The van der Waals surface area contributed by atoms with Crippen molar-refractivity contribution >= 4 is 17.5 Å². The number of rotatable bonds is 4. The molecular weight excluding hydrogens is 300 g/mol. The molecule has 0 unspecified atom stereocenters. The number of imidazole rings is 1. The number of nitrogens with zero attached hydrogens (tertiary/aromatic N) is 6. The van der Waals surface area contributed by atoms with Crippen LogP contribution in [-0.2, 0) is 11.3 Å². The van der Waals surface area contributed by atoms with Gasteiger partial charge in [0.2, 0.25) is 12.2 Å². The van der Waals surface area contributed by atoms with Gasteiger partial charge in [-0.05, 0) is 22.0 Å². The van der Waals surface area contributed by atoms with Crippen molar-refractivity contribution in [3.8, 4) is 0 Å². The molecule has 3 heterocycles. The van der Waals surface area contributed by atoms with Crippen molar-refractivity contribution < 1.29 is 9.72 Å². The third-order valence-electron chi connectivity index (χ3n) is 3.73. The second-order valence-electron chi connectivity index (χ2n) is 5.22. The van der Waals surface area contributed by atoms with Gasteiger partial charge in [0.1, 0.15) is 18.6 Å². The zero-order chi connectivity index (χ0) is 16.2. The normalized spacial score (nSPS) is 14.8. The van der Waals surface area contributed by atoms with Gasteiger partial charge < -0.3 is 24.5 Å². The molecule has 0 radical (unpaired) electrons. The summed E-state index contributed by atoms with van der Waals surface area (Å²) in [5, 5.41) is 10.6. The standard InChI is InChI=1S/C14H16N6O3/c21-14(10-17-9-13(16-11-17)20(22)23)19-7-5-18(6-8-19)12-3-1-2-4-15-12/h1-4,9,11H,5-8,10H2. The van der Waals surface area contributed by atoms with E-state index < -0.39 is 4.92 Å². The first-order valence-electron chi connectivity index (χ1n) is 7.23. The molecular formula is C14H16N6O3. The summed E-state index contributed by atoms with van der Waals surface area (Å²) in [5.74, 6) is 0.584. The number of aromatic nitrogens is 3. The van der Waals surface area contributed by atoms with E-state index in [4.69, 9.17) is 0 Å². The van der Waals surface area contributed by atoms with E-state index in [1.54, 1.807) is 11.1 Å². The zero-order valence-corrected chi connectivity index (χ0v) is 12.4. The van der Waals surface area contributed by atoms with E-state index in [9.17, 15) is 14.9 Å². The first kappa shape index (κ1) is 14.9. The van der Waals surface area contributed by atoms with Gasteiger partial charge in [-0.15, -0.1) is 0 Å². The van der Waals surface area contributed by atoms with Gasteiger partial charge >= 0.3 is 5.82 Å². The van der Waals surface area contributed by atoms with Crippen LogP contribution in [0.25, 0.3) is 0 Å². The highest BCUT2D eigenvalue weighted by Crippen LogP contribution is 2.13. The maximum Gasteiger partial charge on any atom is 0.381 e. The monoisotopic (exact) mass is 316 g/mol. The van der Waals surface area contributed by atoms with Crippen molar-refractivity contribution in [1.29, 1.82) is 0 Å². The molecule has 1 aliphatic rings. The highest BCUT2D eigenvalue weighted by atomic mass is 16.6. The maximum atomic E-state index is 12.3. The SMILES string of the molecule is O=C(Cn1cnc([N+](=O)[O-])c1)N1CCN(c2ccccn2)CC1. The van der Waals surface area contributed by atoms with Crippen molar-refractivity contribution in [2.75, 3.05) is 31.1 Å². The lowest BCUT2D eigenvalue weighted by Crippen LogP contribution is -2.49. The Labute approximate surface area is 132 Å². The van der Waals surface area contributed by atoms with Crippen molar-refractivity contribution in [3.63, 3.8) is 0 Å². The lowest BCUT2D eigenvalue weighted by Gasteiger charge is -2.35. The van der Waals surface area contributed by atoms with Crippen LogP contribution in [0.2, 0.25) is 0 Å². The van der Waals surface area contributed by atoms with Crippen LogP contribution in [0, 0.1) is 10.1 Å². The summed E-state index contributed by atoms with van der Waals surface area (Å²) in [7, 11) is 0. The highest BCUT2D eigenvalue weighted by Gasteiger charge is 2.22. The van der Waals surface area contributed by atoms with Crippen LogP contribution in [0.4, 0.5) is 11.6 Å². The Balaban J connectivity index is 1.54. The van der Waals surface area contributed by atoms with Crippen molar-refractivity contribution in [3.05, 3.63) is 47.0 Å². The van der Waals surface area contributed by atoms with E-state index >= 15 is 0 Å². The van der Waals surface area contributed by atoms with E-state index in [1.807, 2.05) is 18.2 Å². The summed E-state index contributed by atoms with van der Waals surface area (Å²) < 4.78 is 1.44. The van der Waals surface area contributed by atoms with Crippen molar-refractivity contribution in [2.45, 2.75) is 6.54 Å². The number of amides is 1. The van der Waals surface area contributed by atoms with Gasteiger partial charge in [-0.1, -0.05) is 6.07 Å². The molecule has 0 aromatic carbocycles. The Hall–Kier alpha value is -2.97. The largest absolute Gasteiger partial charge is 0.381 e. The molecule has 3 rings (SSSR count). The van der Waals surface area contributed by atoms with Crippen molar-refractivity contribution in [2.24, 2.45) is 0 Å². The number of nitro groups is 1. The number of hydrogen-bond acceptors (Lipinski definition) is 6. The lowest BCUT2D eigenvalue weighted by atomic mass is 10.3. The smallest absolute Gasteiger partial charge is 0.358 e. The van der Waals surface area contributed by atoms with E-state index in [1.165, 1.54) is 17.1 Å². The number of carbonyl (C=O) groups excluding carboxylic acids is 1. The number of hydrogen-bond donors (Lipinski definition) is 0. The minimum Gasteiger partial charge on any atom is -0.358 e. The van der Waals surface area contributed by atoms with E-state index in [2.05, 4.69) is 14.9 Å². The molecule has 0 saturated carbocycles. The average Bonchev–Trinajstić information content (AvgIpc) is 3.04. The predicted molar refractivity (Wildman–Crippen MR) is 81.9 cm³/mol. The van der Waals surface area contributed by atoms with Crippen LogP contribution in [0.3, 0.4) is 0 Å². The summed E-state index contributed by atoms with van der Waals surface area (Å²) in [6.07, 6.45) is 4.32. The first-order valence-corrected chi connectivity index (χ1v) is 7.23. The molecule has 120 valence electrons. The fourth-order valence-electron chi connectivity index (χ4n) is 2.51. The van der Waals surface area contributed by atoms with Gasteiger partial charge in [-0.3, -0.25) is 4.79 Å². The van der Waals surface area contributed by atoms with Gasteiger partial charge in [-0.25, -0.2) is 4.98 Å². The maximum absolute atomic E-state index is 12.3. The van der Waals surface area contributed by atoms with Crippen LogP contribution in [-0.4, -0.2) is 56.4 Å². The molecule has 2 aromatic heterocycles. The number of pyridine rings is 1. The zero-order valence-electron chi connectivity index (χ0n) is 12.4. The second kappa shape index (κ2) is 6.42. The van der Waals surface area contributed by atoms with Crippen LogP contribution >= 0.6 is 0 Å². The predicted octanol–water partition coefficient (Wildman–Crippen LogP) is 0.535. The van der Waals surface area contributed by atoms with Crippen LogP contribution in [0.5, 0.6) is 0 Å². The lowest BCUT2D eigenvalue weighted by molar-refractivity contribution is -0.389. The molecule has 1 amide bonds. The molecule has 0 spiro atoms. The summed E-state index contributed by atoms with van der Waals surface area (Å²) >= 11 is 0. The van der Waals surface area contributed by atoms with Crippen LogP contribution < -0.4 is 4.90 Å². The minimum absolute atomic E-state index is 0.0599. The molecule has 0 N–H and O–H groups in total. The fraction of sp³-hybridized carbons (Fsp3) is 0.357. The van der Waals surface area contributed by atoms with Gasteiger partial charge in [0.25, 0.3) is 0 Å². The molecule has 1 saturated heterocycles. The average molecular weight is 316 g/mol. The molecule has 9 heteroatoms. The van der Waals surface area contributed by atoms with Crippen molar-refractivity contribution in [1.82, 2.24) is 19.4 Å². The van der Waals surface area contributed by atoms with Gasteiger partial charge in [0.05, 0.1) is 0 Å². The van der Waals surface area contributed by atoms with E-state index in [0.29, 0.717) is 26.2 Å². The molecule has 9 nitrogen and oxygen atoms in total. The number of carbonyl (C=O) groups is 1. The molecule has 0 atom stereocenters. The van der Waals surface area contributed by atoms with E-state index in [0.717, 1.165) is 5.82 Å². The Morgan fingerprint density at radius 1 is 1.22 bits per heavy atom. The fourth-order valence-corrected chi connectivity index (χ4v) is 2.51. The molecule has 1 fully saturated rings. The van der Waals surface area contributed by atoms with E-state index in [-0.39, 0.29) is 18.3 Å². The molecule has 0 bridgehead atoms. The molecule has 2 aromatic rings. The first-order chi connectivity index (χ1) is 11.1. The quantitative estimate of drug-likeness (QED) is 0.603. The molecule has 23 heavy (non-hydrogen) atoms. The van der Waals surface area contributed by atoms with Gasteiger partial charge in [0, 0.05) is 32.4 Å². The third-order valence-corrected chi connectivity index (χ3v) is 3.73. The summed E-state index contributed by atoms with van der Waals surface area (Å²) in [4.78, 5) is 34.1. The van der Waals surface area contributed by atoms with Crippen LogP contribution in [0.1, 0.15) is 0 Å².